The first-order chi connectivity index (χ1) is 13.6. The summed E-state index contributed by atoms with van der Waals surface area (Å²) < 4.78 is 2.33. The highest BCUT2D eigenvalue weighted by atomic mass is 16.6. The zero-order chi connectivity index (χ0) is 19.5. The SMILES string of the molecule is Cc1c(CN2CCN(Cc3nnc4n3CCCCC4)CC2)cccc1[N+](=O)[O-]. The van der Waals surface area contributed by atoms with Crippen molar-refractivity contribution in [3.8, 4) is 0 Å². The van der Waals surface area contributed by atoms with Crippen LogP contribution in [-0.2, 0) is 26.1 Å². The molecule has 8 nitrogen and oxygen atoms in total. The fourth-order valence-corrected chi connectivity index (χ4v) is 4.25. The smallest absolute Gasteiger partial charge is 0.272 e. The fraction of sp³-hybridized carbons (Fsp3) is 0.600. The number of aryl methyl sites for hydroxylation is 1. The molecule has 1 fully saturated rings. The van der Waals surface area contributed by atoms with Gasteiger partial charge in [0, 0.05) is 57.3 Å². The minimum Gasteiger partial charge on any atom is -0.314 e. The summed E-state index contributed by atoms with van der Waals surface area (Å²) in [5.41, 5.74) is 2.04. The number of nitro groups is 1. The lowest BCUT2D eigenvalue weighted by molar-refractivity contribution is -0.385. The van der Waals surface area contributed by atoms with Crippen molar-refractivity contribution in [2.24, 2.45) is 0 Å². The number of fused-ring (bicyclic) bond motifs is 1. The lowest BCUT2D eigenvalue weighted by Crippen LogP contribution is -2.45. The van der Waals surface area contributed by atoms with E-state index in [4.69, 9.17) is 0 Å². The normalized spacial score (nSPS) is 18.6. The van der Waals surface area contributed by atoms with E-state index in [9.17, 15) is 10.1 Å². The number of aromatic nitrogens is 3. The van der Waals surface area contributed by atoms with E-state index in [1.807, 2.05) is 13.0 Å². The van der Waals surface area contributed by atoms with E-state index in [1.165, 1.54) is 19.3 Å². The number of nitrogens with zero attached hydrogens (tertiary/aromatic N) is 6. The van der Waals surface area contributed by atoms with E-state index in [0.29, 0.717) is 0 Å². The Kier molecular flexibility index (Phi) is 5.68. The van der Waals surface area contributed by atoms with Gasteiger partial charge >= 0.3 is 0 Å². The van der Waals surface area contributed by atoms with E-state index >= 15 is 0 Å². The Morgan fingerprint density at radius 2 is 1.75 bits per heavy atom. The van der Waals surface area contributed by atoms with Gasteiger partial charge in [0.25, 0.3) is 5.69 Å². The summed E-state index contributed by atoms with van der Waals surface area (Å²) >= 11 is 0. The van der Waals surface area contributed by atoms with Crippen molar-refractivity contribution in [2.45, 2.75) is 52.2 Å². The number of rotatable bonds is 5. The van der Waals surface area contributed by atoms with Crippen LogP contribution in [0.2, 0.25) is 0 Å². The molecule has 0 radical (unpaired) electrons. The van der Waals surface area contributed by atoms with Crippen LogP contribution in [0.15, 0.2) is 18.2 Å². The van der Waals surface area contributed by atoms with Gasteiger partial charge in [0.15, 0.2) is 0 Å². The first kappa shape index (κ1) is 19.0. The first-order valence-electron chi connectivity index (χ1n) is 10.2. The molecule has 2 aliphatic rings. The van der Waals surface area contributed by atoms with Crippen LogP contribution in [0.4, 0.5) is 5.69 Å². The van der Waals surface area contributed by atoms with Gasteiger partial charge in [-0.25, -0.2) is 0 Å². The summed E-state index contributed by atoms with van der Waals surface area (Å²) in [5.74, 6) is 2.24. The van der Waals surface area contributed by atoms with Gasteiger partial charge in [-0.05, 0) is 25.3 Å². The molecule has 0 N–H and O–H groups in total. The first-order valence-corrected chi connectivity index (χ1v) is 10.2. The molecule has 1 aromatic heterocycles. The Balaban J connectivity index is 1.34. The van der Waals surface area contributed by atoms with Gasteiger partial charge in [0.1, 0.15) is 11.6 Å². The molecule has 1 saturated heterocycles. The highest BCUT2D eigenvalue weighted by molar-refractivity contribution is 5.44. The maximum atomic E-state index is 11.2. The second-order valence-corrected chi connectivity index (χ2v) is 7.87. The Bertz CT molecular complexity index is 841. The molecule has 0 aliphatic carbocycles. The number of hydrogen-bond donors (Lipinski definition) is 0. The van der Waals surface area contributed by atoms with Gasteiger partial charge in [0.2, 0.25) is 0 Å². The van der Waals surface area contributed by atoms with Crippen molar-refractivity contribution in [1.29, 1.82) is 0 Å². The van der Waals surface area contributed by atoms with Crippen molar-refractivity contribution >= 4 is 5.69 Å². The summed E-state index contributed by atoms with van der Waals surface area (Å²) in [7, 11) is 0. The molecule has 2 aromatic rings. The van der Waals surface area contributed by atoms with Gasteiger partial charge in [-0.1, -0.05) is 18.6 Å². The van der Waals surface area contributed by atoms with Gasteiger partial charge in [0.05, 0.1) is 11.5 Å². The van der Waals surface area contributed by atoms with Gasteiger partial charge in [-0.3, -0.25) is 19.9 Å². The molecule has 0 atom stereocenters. The summed E-state index contributed by atoms with van der Waals surface area (Å²) in [6, 6.07) is 5.37. The molecule has 0 amide bonds. The van der Waals surface area contributed by atoms with E-state index in [-0.39, 0.29) is 10.6 Å². The quantitative estimate of drug-likeness (QED) is 0.582. The molecule has 8 heteroatoms. The van der Waals surface area contributed by atoms with Crippen LogP contribution in [0.3, 0.4) is 0 Å². The summed E-state index contributed by atoms with van der Waals surface area (Å²) in [5, 5.41) is 20.0. The van der Waals surface area contributed by atoms with Crippen molar-refractivity contribution in [1.82, 2.24) is 24.6 Å². The van der Waals surface area contributed by atoms with Crippen LogP contribution < -0.4 is 0 Å². The molecule has 2 aliphatic heterocycles. The molecule has 150 valence electrons. The summed E-state index contributed by atoms with van der Waals surface area (Å²) in [6.45, 7) is 8.40. The monoisotopic (exact) mass is 384 g/mol. The molecule has 3 heterocycles. The largest absolute Gasteiger partial charge is 0.314 e. The maximum Gasteiger partial charge on any atom is 0.272 e. The lowest BCUT2D eigenvalue weighted by Gasteiger charge is -2.34. The molecule has 0 spiro atoms. The predicted molar refractivity (Wildman–Crippen MR) is 106 cm³/mol. The molecule has 0 unspecified atom stereocenters. The highest BCUT2D eigenvalue weighted by Gasteiger charge is 2.22. The van der Waals surface area contributed by atoms with Crippen molar-refractivity contribution < 1.29 is 4.92 Å². The third-order valence-corrected chi connectivity index (χ3v) is 6.02. The number of benzene rings is 1. The number of piperazine rings is 1. The zero-order valence-electron chi connectivity index (χ0n) is 16.5. The number of hydrogen-bond acceptors (Lipinski definition) is 6. The van der Waals surface area contributed by atoms with Crippen LogP contribution in [-0.4, -0.2) is 55.7 Å². The van der Waals surface area contributed by atoms with Crippen LogP contribution in [0.25, 0.3) is 0 Å². The van der Waals surface area contributed by atoms with Gasteiger partial charge < -0.3 is 4.57 Å². The van der Waals surface area contributed by atoms with Crippen molar-refractivity contribution in [2.75, 3.05) is 26.2 Å². The van der Waals surface area contributed by atoms with E-state index in [0.717, 1.165) is 75.0 Å². The second kappa shape index (κ2) is 8.36. The zero-order valence-corrected chi connectivity index (χ0v) is 16.5. The van der Waals surface area contributed by atoms with E-state index in [2.05, 4.69) is 24.6 Å². The average molecular weight is 384 g/mol. The Labute approximate surface area is 165 Å². The third kappa shape index (κ3) is 4.07. The Morgan fingerprint density at radius 1 is 1.00 bits per heavy atom. The molecule has 0 bridgehead atoms. The van der Waals surface area contributed by atoms with Crippen LogP contribution in [0, 0.1) is 17.0 Å². The molecule has 0 saturated carbocycles. The van der Waals surface area contributed by atoms with Crippen molar-refractivity contribution in [3.05, 3.63) is 51.1 Å². The third-order valence-electron chi connectivity index (χ3n) is 6.02. The Hall–Kier alpha value is -2.32. The van der Waals surface area contributed by atoms with Gasteiger partial charge in [-0.15, -0.1) is 10.2 Å². The van der Waals surface area contributed by atoms with E-state index < -0.39 is 0 Å². The van der Waals surface area contributed by atoms with Crippen LogP contribution in [0.5, 0.6) is 0 Å². The highest BCUT2D eigenvalue weighted by Crippen LogP contribution is 2.23. The molecular weight excluding hydrogens is 356 g/mol. The van der Waals surface area contributed by atoms with Gasteiger partial charge in [-0.2, -0.15) is 0 Å². The fourth-order valence-electron chi connectivity index (χ4n) is 4.25. The van der Waals surface area contributed by atoms with E-state index in [1.54, 1.807) is 12.1 Å². The molecule has 28 heavy (non-hydrogen) atoms. The lowest BCUT2D eigenvalue weighted by atomic mass is 10.1. The molecular formula is C20H28N6O2. The minimum absolute atomic E-state index is 0.212. The number of nitro benzene ring substituents is 1. The standard InChI is InChI=1S/C20H28N6O2/c1-16-17(6-5-7-18(16)26(27)28)14-23-10-12-24(13-11-23)15-20-22-21-19-8-3-2-4-9-25(19)20/h5-7H,2-4,8-15H2,1H3. The second-order valence-electron chi connectivity index (χ2n) is 7.87. The maximum absolute atomic E-state index is 11.2. The van der Waals surface area contributed by atoms with Crippen LogP contribution >= 0.6 is 0 Å². The molecule has 4 rings (SSSR count). The topological polar surface area (TPSA) is 80.3 Å². The summed E-state index contributed by atoms with van der Waals surface area (Å²) in [4.78, 5) is 15.7. The predicted octanol–water partition coefficient (Wildman–Crippen LogP) is 2.54. The Morgan fingerprint density at radius 3 is 2.50 bits per heavy atom. The minimum atomic E-state index is -0.293. The van der Waals surface area contributed by atoms with Crippen molar-refractivity contribution in [3.63, 3.8) is 0 Å². The summed E-state index contributed by atoms with van der Waals surface area (Å²) in [6.07, 6.45) is 4.75. The van der Waals surface area contributed by atoms with Crippen LogP contribution in [0.1, 0.15) is 42.0 Å². The molecule has 1 aromatic carbocycles. The average Bonchev–Trinajstić information content (AvgIpc) is 2.91.